The zero-order chi connectivity index (χ0) is 22.0. The molecular formula is C20H16N4O5S2. The summed E-state index contributed by atoms with van der Waals surface area (Å²) in [6, 6.07) is 12.1. The van der Waals surface area contributed by atoms with Gasteiger partial charge in [0.05, 0.1) is 41.3 Å². The van der Waals surface area contributed by atoms with Crippen molar-refractivity contribution in [2.45, 2.75) is 5.16 Å². The Bertz CT molecular complexity index is 1280. The number of amides is 1. The second-order valence-corrected chi connectivity index (χ2v) is 8.24. The number of thioether (sulfide) groups is 1. The summed E-state index contributed by atoms with van der Waals surface area (Å²) in [6.07, 6.45) is 0. The van der Waals surface area contributed by atoms with Crippen molar-refractivity contribution in [3.05, 3.63) is 53.6 Å². The highest BCUT2D eigenvalue weighted by molar-refractivity contribution is 7.99. The molecule has 9 nitrogen and oxygen atoms in total. The van der Waals surface area contributed by atoms with Gasteiger partial charge in [0.15, 0.2) is 5.16 Å². The summed E-state index contributed by atoms with van der Waals surface area (Å²) in [6.45, 7) is 0. The maximum Gasteiger partial charge on any atom is 0.337 e. The first-order valence-corrected chi connectivity index (χ1v) is 10.8. The third-order valence-electron chi connectivity index (χ3n) is 4.30. The molecule has 4 aromatic rings. The van der Waals surface area contributed by atoms with Crippen LogP contribution in [0.2, 0.25) is 0 Å². The van der Waals surface area contributed by atoms with E-state index in [-0.39, 0.29) is 28.5 Å². The maximum atomic E-state index is 12.5. The van der Waals surface area contributed by atoms with E-state index in [0.717, 1.165) is 15.2 Å². The van der Waals surface area contributed by atoms with Gasteiger partial charge in [-0.2, -0.15) is 0 Å². The second kappa shape index (κ2) is 8.74. The number of rotatable bonds is 6. The molecule has 0 bridgehead atoms. The molecule has 0 unspecified atom stereocenters. The van der Waals surface area contributed by atoms with Crippen molar-refractivity contribution in [1.29, 1.82) is 0 Å². The van der Waals surface area contributed by atoms with Crippen molar-refractivity contribution in [2.24, 2.45) is 0 Å². The molecule has 0 aliphatic heterocycles. The Balaban J connectivity index is 1.52. The number of aromatic nitrogens is 3. The van der Waals surface area contributed by atoms with Crippen LogP contribution >= 0.6 is 23.1 Å². The van der Waals surface area contributed by atoms with Gasteiger partial charge in [-0.05, 0) is 30.3 Å². The fourth-order valence-corrected chi connectivity index (χ4v) is 4.71. The SMILES string of the molecule is COC(=O)c1cc(NC(=O)CSc2nnc3sc4ccccc4n23)cc(C(=O)OC)c1. The van der Waals surface area contributed by atoms with E-state index in [4.69, 9.17) is 9.47 Å². The van der Waals surface area contributed by atoms with E-state index in [9.17, 15) is 14.4 Å². The summed E-state index contributed by atoms with van der Waals surface area (Å²) in [7, 11) is 2.46. The van der Waals surface area contributed by atoms with Crippen LogP contribution in [0.15, 0.2) is 47.6 Å². The predicted molar refractivity (Wildman–Crippen MR) is 117 cm³/mol. The standard InChI is InChI=1S/C20H16N4O5S2/c1-28-17(26)11-7-12(18(27)29-2)9-13(8-11)21-16(25)10-30-19-22-23-20-24(19)14-5-3-4-6-15(14)31-20/h3-9H,10H2,1-2H3,(H,21,25). The molecule has 0 atom stereocenters. The van der Waals surface area contributed by atoms with Crippen molar-refractivity contribution in [2.75, 3.05) is 25.3 Å². The minimum Gasteiger partial charge on any atom is -0.465 e. The number of ether oxygens (including phenoxy) is 2. The Morgan fingerprint density at radius 1 is 1.03 bits per heavy atom. The Morgan fingerprint density at radius 2 is 1.71 bits per heavy atom. The Kier molecular flexibility index (Phi) is 5.87. The molecule has 2 aromatic carbocycles. The molecule has 0 saturated heterocycles. The quantitative estimate of drug-likeness (QED) is 0.348. The molecule has 31 heavy (non-hydrogen) atoms. The van der Waals surface area contributed by atoms with E-state index >= 15 is 0 Å². The summed E-state index contributed by atoms with van der Waals surface area (Å²) in [4.78, 5) is 37.1. The number of para-hydroxylation sites is 1. The Labute approximate surface area is 184 Å². The van der Waals surface area contributed by atoms with Gasteiger partial charge in [-0.3, -0.25) is 9.20 Å². The Morgan fingerprint density at radius 3 is 2.39 bits per heavy atom. The summed E-state index contributed by atoms with van der Waals surface area (Å²) < 4.78 is 12.4. The minimum absolute atomic E-state index is 0.0565. The first-order chi connectivity index (χ1) is 15.0. The summed E-state index contributed by atoms with van der Waals surface area (Å²) in [5.74, 6) is -1.54. The summed E-state index contributed by atoms with van der Waals surface area (Å²) >= 11 is 2.75. The van der Waals surface area contributed by atoms with Crippen molar-refractivity contribution in [3.8, 4) is 0 Å². The maximum absolute atomic E-state index is 12.5. The molecule has 2 heterocycles. The predicted octanol–water partition coefficient (Wildman–Crippen LogP) is 3.25. The second-order valence-electron chi connectivity index (χ2n) is 6.29. The highest BCUT2D eigenvalue weighted by Gasteiger charge is 2.17. The summed E-state index contributed by atoms with van der Waals surface area (Å²) in [5.41, 5.74) is 1.50. The lowest BCUT2D eigenvalue weighted by Crippen LogP contribution is -2.16. The minimum atomic E-state index is -0.634. The normalized spacial score (nSPS) is 10.9. The molecular weight excluding hydrogens is 440 g/mol. The Hall–Kier alpha value is -3.44. The molecule has 11 heteroatoms. The monoisotopic (exact) mass is 456 g/mol. The van der Waals surface area contributed by atoms with Gasteiger partial charge in [-0.25, -0.2) is 9.59 Å². The lowest BCUT2D eigenvalue weighted by molar-refractivity contribution is -0.113. The molecule has 0 aliphatic rings. The molecule has 0 aliphatic carbocycles. The van der Waals surface area contributed by atoms with Gasteiger partial charge >= 0.3 is 11.9 Å². The zero-order valence-electron chi connectivity index (χ0n) is 16.4. The van der Waals surface area contributed by atoms with E-state index in [1.54, 1.807) is 0 Å². The van der Waals surface area contributed by atoms with E-state index in [1.807, 2.05) is 28.7 Å². The highest BCUT2D eigenvalue weighted by Crippen LogP contribution is 2.29. The van der Waals surface area contributed by atoms with Gasteiger partial charge in [-0.1, -0.05) is 35.2 Å². The van der Waals surface area contributed by atoms with Crippen LogP contribution in [0, 0.1) is 0 Å². The first-order valence-electron chi connectivity index (χ1n) is 8.97. The number of anilines is 1. The number of nitrogens with zero attached hydrogens (tertiary/aromatic N) is 3. The van der Waals surface area contributed by atoms with Gasteiger partial charge < -0.3 is 14.8 Å². The number of carbonyl (C=O) groups excluding carboxylic acids is 3. The lowest BCUT2D eigenvalue weighted by atomic mass is 10.1. The molecule has 1 N–H and O–H groups in total. The molecule has 0 fully saturated rings. The molecule has 0 saturated carbocycles. The lowest BCUT2D eigenvalue weighted by Gasteiger charge is -2.09. The van der Waals surface area contributed by atoms with Crippen molar-refractivity contribution in [3.63, 3.8) is 0 Å². The third-order valence-corrected chi connectivity index (χ3v) is 6.24. The van der Waals surface area contributed by atoms with Crippen LogP contribution in [-0.4, -0.2) is 52.4 Å². The van der Waals surface area contributed by atoms with Crippen LogP contribution in [0.3, 0.4) is 0 Å². The van der Waals surface area contributed by atoms with E-state index in [2.05, 4.69) is 15.5 Å². The van der Waals surface area contributed by atoms with E-state index < -0.39 is 11.9 Å². The van der Waals surface area contributed by atoms with Gasteiger partial charge in [0.1, 0.15) is 0 Å². The van der Waals surface area contributed by atoms with E-state index in [0.29, 0.717) is 5.16 Å². The third kappa shape index (κ3) is 4.23. The molecule has 158 valence electrons. The molecule has 1 amide bonds. The number of thiazole rings is 1. The van der Waals surface area contributed by atoms with Crippen molar-refractivity contribution in [1.82, 2.24) is 14.6 Å². The summed E-state index contributed by atoms with van der Waals surface area (Å²) in [5, 5.41) is 11.6. The number of nitrogens with one attached hydrogen (secondary N) is 1. The largest absolute Gasteiger partial charge is 0.465 e. The van der Waals surface area contributed by atoms with Crippen LogP contribution < -0.4 is 5.32 Å². The van der Waals surface area contributed by atoms with Gasteiger partial charge in [0, 0.05) is 5.69 Å². The number of carbonyl (C=O) groups is 3. The molecule has 0 spiro atoms. The number of esters is 2. The smallest absolute Gasteiger partial charge is 0.337 e. The first kappa shape index (κ1) is 20.8. The average molecular weight is 457 g/mol. The van der Waals surface area contributed by atoms with Crippen molar-refractivity contribution < 1.29 is 23.9 Å². The molecule has 0 radical (unpaired) electrons. The number of benzene rings is 2. The van der Waals surface area contributed by atoms with Gasteiger partial charge in [-0.15, -0.1) is 10.2 Å². The highest BCUT2D eigenvalue weighted by atomic mass is 32.2. The van der Waals surface area contributed by atoms with Gasteiger partial charge in [0.25, 0.3) is 0 Å². The van der Waals surface area contributed by atoms with Crippen molar-refractivity contribution >= 4 is 61.8 Å². The van der Waals surface area contributed by atoms with E-state index in [1.165, 1.54) is 55.5 Å². The average Bonchev–Trinajstić information content (AvgIpc) is 3.35. The van der Waals surface area contributed by atoms with Gasteiger partial charge in [0.2, 0.25) is 10.9 Å². The van der Waals surface area contributed by atoms with Crippen LogP contribution in [0.5, 0.6) is 0 Å². The van der Waals surface area contributed by atoms with Crippen LogP contribution in [0.25, 0.3) is 15.2 Å². The van der Waals surface area contributed by atoms with Crippen LogP contribution in [0.1, 0.15) is 20.7 Å². The number of hydrogen-bond acceptors (Lipinski definition) is 9. The fourth-order valence-electron chi connectivity index (χ4n) is 2.95. The number of methoxy groups -OCH3 is 2. The molecule has 4 rings (SSSR count). The number of hydrogen-bond donors (Lipinski definition) is 1. The topological polar surface area (TPSA) is 112 Å². The fraction of sp³-hybridized carbons (Fsp3) is 0.150. The van der Waals surface area contributed by atoms with Crippen LogP contribution in [0.4, 0.5) is 5.69 Å². The zero-order valence-corrected chi connectivity index (χ0v) is 18.1. The number of fused-ring (bicyclic) bond motifs is 3. The van der Waals surface area contributed by atoms with Crippen LogP contribution in [-0.2, 0) is 14.3 Å². The molecule has 2 aromatic heterocycles.